The summed E-state index contributed by atoms with van der Waals surface area (Å²) in [5.74, 6) is 0.962. The van der Waals surface area contributed by atoms with Crippen LogP contribution in [0.25, 0.3) is 0 Å². The lowest BCUT2D eigenvalue weighted by Crippen LogP contribution is -2.45. The van der Waals surface area contributed by atoms with Crippen molar-refractivity contribution < 1.29 is 9.59 Å². The molecule has 102 valence electrons. The number of carbonyl (C=O) groups excluding carboxylic acids is 2. The first-order chi connectivity index (χ1) is 8.70. The number of hydrogen-bond donors (Lipinski definition) is 1. The standard InChI is InChI=1S/C14H24N2O2/c1-2-4-12-14(18)16(10-8-13(17)15-12)9-7-11-5-3-6-11/h11-12H,2-10H2,1H3,(H,15,17). The normalized spacial score (nSPS) is 25.6. The number of nitrogens with zero attached hydrogens (tertiary/aromatic N) is 1. The maximum atomic E-state index is 12.3. The molecule has 0 radical (unpaired) electrons. The largest absolute Gasteiger partial charge is 0.344 e. The second-order valence-corrected chi connectivity index (χ2v) is 5.57. The van der Waals surface area contributed by atoms with Crippen LogP contribution in [0.3, 0.4) is 0 Å². The van der Waals surface area contributed by atoms with E-state index in [2.05, 4.69) is 5.32 Å². The zero-order valence-electron chi connectivity index (χ0n) is 11.3. The van der Waals surface area contributed by atoms with Crippen molar-refractivity contribution in [3.63, 3.8) is 0 Å². The molecule has 4 nitrogen and oxygen atoms in total. The molecule has 1 unspecified atom stereocenters. The van der Waals surface area contributed by atoms with E-state index in [0.717, 1.165) is 31.7 Å². The van der Waals surface area contributed by atoms with Gasteiger partial charge in [-0.1, -0.05) is 32.6 Å². The monoisotopic (exact) mass is 252 g/mol. The molecule has 1 aliphatic heterocycles. The Labute approximate surface area is 109 Å². The van der Waals surface area contributed by atoms with E-state index in [0.29, 0.717) is 13.0 Å². The number of amides is 2. The highest BCUT2D eigenvalue weighted by Gasteiger charge is 2.29. The summed E-state index contributed by atoms with van der Waals surface area (Å²) < 4.78 is 0. The third-order valence-corrected chi connectivity index (χ3v) is 4.16. The van der Waals surface area contributed by atoms with Gasteiger partial charge in [0.25, 0.3) is 0 Å². The highest BCUT2D eigenvalue weighted by Crippen LogP contribution is 2.29. The van der Waals surface area contributed by atoms with Crippen LogP contribution in [-0.2, 0) is 9.59 Å². The SMILES string of the molecule is CCCC1NC(=O)CCN(CCC2CCC2)C1=O. The minimum absolute atomic E-state index is 0.0212. The van der Waals surface area contributed by atoms with Crippen molar-refractivity contribution >= 4 is 11.8 Å². The van der Waals surface area contributed by atoms with Crippen molar-refractivity contribution in [3.8, 4) is 0 Å². The fourth-order valence-electron chi connectivity index (χ4n) is 2.72. The van der Waals surface area contributed by atoms with Crippen LogP contribution in [0.5, 0.6) is 0 Å². The predicted octanol–water partition coefficient (Wildman–Crippen LogP) is 1.69. The summed E-state index contributed by atoms with van der Waals surface area (Å²) in [7, 11) is 0. The van der Waals surface area contributed by atoms with Gasteiger partial charge < -0.3 is 10.2 Å². The molecule has 1 N–H and O–H groups in total. The van der Waals surface area contributed by atoms with Crippen LogP contribution in [0, 0.1) is 5.92 Å². The second-order valence-electron chi connectivity index (χ2n) is 5.57. The van der Waals surface area contributed by atoms with Crippen molar-refractivity contribution in [2.75, 3.05) is 13.1 Å². The lowest BCUT2D eigenvalue weighted by atomic mass is 9.83. The first-order valence-electron chi connectivity index (χ1n) is 7.29. The third kappa shape index (κ3) is 3.24. The van der Waals surface area contributed by atoms with E-state index in [1.807, 2.05) is 11.8 Å². The summed E-state index contributed by atoms with van der Waals surface area (Å²) in [6, 6.07) is -0.286. The number of rotatable bonds is 5. The van der Waals surface area contributed by atoms with E-state index in [-0.39, 0.29) is 17.9 Å². The van der Waals surface area contributed by atoms with Gasteiger partial charge in [0.1, 0.15) is 6.04 Å². The van der Waals surface area contributed by atoms with Crippen molar-refractivity contribution in [1.29, 1.82) is 0 Å². The van der Waals surface area contributed by atoms with Crippen molar-refractivity contribution in [2.24, 2.45) is 5.92 Å². The van der Waals surface area contributed by atoms with Gasteiger partial charge in [-0.2, -0.15) is 0 Å². The fourth-order valence-corrected chi connectivity index (χ4v) is 2.72. The zero-order valence-corrected chi connectivity index (χ0v) is 11.3. The van der Waals surface area contributed by atoms with Crippen LogP contribution in [0.15, 0.2) is 0 Å². The number of carbonyl (C=O) groups is 2. The van der Waals surface area contributed by atoms with Gasteiger partial charge >= 0.3 is 0 Å². The van der Waals surface area contributed by atoms with E-state index in [9.17, 15) is 9.59 Å². The third-order valence-electron chi connectivity index (χ3n) is 4.16. The van der Waals surface area contributed by atoms with Gasteiger partial charge in [0.2, 0.25) is 11.8 Å². The molecular formula is C14H24N2O2. The van der Waals surface area contributed by atoms with Crippen LogP contribution >= 0.6 is 0 Å². The molecule has 0 aromatic heterocycles. The summed E-state index contributed by atoms with van der Waals surface area (Å²) in [5.41, 5.74) is 0. The first-order valence-corrected chi connectivity index (χ1v) is 7.29. The van der Waals surface area contributed by atoms with Crippen molar-refractivity contribution in [3.05, 3.63) is 0 Å². The molecule has 2 fully saturated rings. The van der Waals surface area contributed by atoms with Crippen LogP contribution in [0.2, 0.25) is 0 Å². The smallest absolute Gasteiger partial charge is 0.245 e. The number of nitrogens with one attached hydrogen (secondary N) is 1. The molecule has 0 aromatic rings. The Hall–Kier alpha value is -1.06. The lowest BCUT2D eigenvalue weighted by molar-refractivity contribution is -0.134. The average Bonchev–Trinajstić information content (AvgIpc) is 2.41. The minimum atomic E-state index is -0.286. The van der Waals surface area contributed by atoms with E-state index < -0.39 is 0 Å². The van der Waals surface area contributed by atoms with Gasteiger partial charge in [0.05, 0.1) is 0 Å². The Bertz CT molecular complexity index is 313. The fraction of sp³-hybridized carbons (Fsp3) is 0.857. The summed E-state index contributed by atoms with van der Waals surface area (Å²) in [6.07, 6.45) is 7.22. The van der Waals surface area contributed by atoms with E-state index >= 15 is 0 Å². The Kier molecular flexibility index (Phi) is 4.61. The van der Waals surface area contributed by atoms with Gasteiger partial charge in [-0.15, -0.1) is 0 Å². The van der Waals surface area contributed by atoms with Crippen molar-refractivity contribution in [1.82, 2.24) is 10.2 Å². The average molecular weight is 252 g/mol. The molecule has 1 heterocycles. The summed E-state index contributed by atoms with van der Waals surface area (Å²) in [4.78, 5) is 25.8. The Morgan fingerprint density at radius 1 is 1.28 bits per heavy atom. The molecule has 0 spiro atoms. The molecular weight excluding hydrogens is 228 g/mol. The molecule has 0 bridgehead atoms. The minimum Gasteiger partial charge on any atom is -0.344 e. The number of hydrogen-bond acceptors (Lipinski definition) is 2. The molecule has 1 atom stereocenters. The quantitative estimate of drug-likeness (QED) is 0.809. The van der Waals surface area contributed by atoms with Gasteiger partial charge in [-0.05, 0) is 18.8 Å². The van der Waals surface area contributed by atoms with Gasteiger partial charge in [-0.25, -0.2) is 0 Å². The topological polar surface area (TPSA) is 49.4 Å². The highest BCUT2D eigenvalue weighted by atomic mass is 16.2. The van der Waals surface area contributed by atoms with E-state index in [4.69, 9.17) is 0 Å². The Morgan fingerprint density at radius 2 is 2.06 bits per heavy atom. The lowest BCUT2D eigenvalue weighted by Gasteiger charge is -2.29. The maximum absolute atomic E-state index is 12.3. The molecule has 1 saturated heterocycles. The molecule has 0 aromatic carbocycles. The molecule has 2 rings (SSSR count). The second kappa shape index (κ2) is 6.21. The van der Waals surface area contributed by atoms with E-state index in [1.165, 1.54) is 19.3 Å². The van der Waals surface area contributed by atoms with Gasteiger partial charge in [0, 0.05) is 19.5 Å². The molecule has 1 saturated carbocycles. The van der Waals surface area contributed by atoms with E-state index in [1.54, 1.807) is 0 Å². The summed E-state index contributed by atoms with van der Waals surface area (Å²) in [5, 5.41) is 2.84. The predicted molar refractivity (Wildman–Crippen MR) is 70.0 cm³/mol. The van der Waals surface area contributed by atoms with Gasteiger partial charge in [-0.3, -0.25) is 9.59 Å². The summed E-state index contributed by atoms with van der Waals surface area (Å²) >= 11 is 0. The Morgan fingerprint density at radius 3 is 2.67 bits per heavy atom. The first kappa shape index (κ1) is 13.4. The summed E-state index contributed by atoms with van der Waals surface area (Å²) in [6.45, 7) is 3.47. The zero-order chi connectivity index (χ0) is 13.0. The maximum Gasteiger partial charge on any atom is 0.245 e. The van der Waals surface area contributed by atoms with Crippen LogP contribution in [-0.4, -0.2) is 35.8 Å². The Balaban J connectivity index is 1.89. The molecule has 4 heteroatoms. The van der Waals surface area contributed by atoms with Crippen LogP contribution in [0.4, 0.5) is 0 Å². The van der Waals surface area contributed by atoms with Crippen molar-refractivity contribution in [2.45, 2.75) is 57.9 Å². The van der Waals surface area contributed by atoms with Crippen LogP contribution in [0.1, 0.15) is 51.9 Å². The highest BCUT2D eigenvalue weighted by molar-refractivity contribution is 5.89. The molecule has 2 amide bonds. The molecule has 2 aliphatic rings. The van der Waals surface area contributed by atoms with Gasteiger partial charge in [0.15, 0.2) is 0 Å². The van der Waals surface area contributed by atoms with Crippen LogP contribution < -0.4 is 5.32 Å². The molecule has 1 aliphatic carbocycles. The molecule has 18 heavy (non-hydrogen) atoms.